The molecule has 1 atom stereocenters. The van der Waals surface area contributed by atoms with Crippen LogP contribution in [0.4, 0.5) is 0 Å². The minimum Gasteiger partial charge on any atom is -0.489 e. The van der Waals surface area contributed by atoms with Crippen LogP contribution in [0.1, 0.15) is 21.7 Å². The van der Waals surface area contributed by atoms with Crippen molar-refractivity contribution in [3.8, 4) is 16.9 Å². The van der Waals surface area contributed by atoms with Crippen LogP contribution in [0.5, 0.6) is 5.75 Å². The van der Waals surface area contributed by atoms with Crippen molar-refractivity contribution in [3.05, 3.63) is 113 Å². The third kappa shape index (κ3) is 5.90. The van der Waals surface area contributed by atoms with Crippen LogP contribution in [0.25, 0.3) is 22.1 Å². The fourth-order valence-electron chi connectivity index (χ4n) is 4.03. The lowest BCUT2D eigenvalue weighted by Gasteiger charge is -2.16. The minimum absolute atomic E-state index is 0.102. The predicted molar refractivity (Wildman–Crippen MR) is 143 cm³/mol. The zero-order valence-electron chi connectivity index (χ0n) is 20.5. The van der Waals surface area contributed by atoms with Crippen molar-refractivity contribution >= 4 is 34.4 Å². The highest BCUT2D eigenvalue weighted by Crippen LogP contribution is 2.28. The van der Waals surface area contributed by atoms with Crippen molar-refractivity contribution in [1.82, 2.24) is 5.32 Å². The van der Waals surface area contributed by atoms with Gasteiger partial charge in [0.15, 0.2) is 5.76 Å². The molecule has 8 heteroatoms. The predicted octanol–water partition coefficient (Wildman–Crippen LogP) is 6.44. The summed E-state index contributed by atoms with van der Waals surface area (Å²) in [5.74, 6) is -0.288. The Hall–Kier alpha value is -4.49. The van der Waals surface area contributed by atoms with Crippen LogP contribution in [0.3, 0.4) is 0 Å². The second kappa shape index (κ2) is 11.3. The summed E-state index contributed by atoms with van der Waals surface area (Å²) in [7, 11) is 1.29. The van der Waals surface area contributed by atoms with Crippen molar-refractivity contribution in [2.75, 3.05) is 7.11 Å². The Bertz CT molecular complexity index is 1540. The molecular weight excluding hydrogens is 506 g/mol. The fraction of sp³-hybridized carbons (Fsp3) is 0.133. The van der Waals surface area contributed by atoms with Gasteiger partial charge in [-0.25, -0.2) is 4.79 Å². The first kappa shape index (κ1) is 25.2. The number of fused-ring (bicyclic) bond motifs is 1. The molecule has 0 unspecified atom stereocenters. The largest absolute Gasteiger partial charge is 0.489 e. The van der Waals surface area contributed by atoms with Gasteiger partial charge in [0.2, 0.25) is 0 Å². The highest BCUT2D eigenvalue weighted by Gasteiger charge is 2.24. The molecule has 0 aliphatic rings. The third-order valence-electron chi connectivity index (χ3n) is 6.06. The summed E-state index contributed by atoms with van der Waals surface area (Å²) in [5.41, 5.74) is 4.22. The maximum Gasteiger partial charge on any atom is 0.328 e. The van der Waals surface area contributed by atoms with Crippen molar-refractivity contribution in [2.45, 2.75) is 19.1 Å². The molecular formula is C30H24ClNO6. The summed E-state index contributed by atoms with van der Waals surface area (Å²) in [5, 5.41) is 4.17. The number of amides is 1. The van der Waals surface area contributed by atoms with E-state index in [2.05, 4.69) is 5.32 Å². The van der Waals surface area contributed by atoms with Crippen LogP contribution >= 0.6 is 11.6 Å². The second-order valence-electron chi connectivity index (χ2n) is 8.69. The van der Waals surface area contributed by atoms with Gasteiger partial charge in [0.05, 0.1) is 19.6 Å². The SMILES string of the molecule is COC(=O)[C@H](Cc1ccc(OCc2ccoc2)cc1)NC(=O)c1cc2ccc(-c3ccc(Cl)cc3)cc2o1. The molecule has 5 rings (SSSR count). The standard InChI is InChI=1S/C30H24ClNO6/c1-35-30(34)26(14-19-2-10-25(11-3-19)37-18-20-12-13-36-17-20)32-29(33)28-16-23-5-4-22(15-27(23)38-28)21-6-8-24(31)9-7-21/h2-13,15-17,26H,14,18H2,1H3,(H,32,33)/t26-/m0/s1. The number of furan rings is 2. The highest BCUT2D eigenvalue weighted by molar-refractivity contribution is 6.30. The lowest BCUT2D eigenvalue weighted by Crippen LogP contribution is -2.42. The maximum absolute atomic E-state index is 13.0. The number of esters is 1. The number of methoxy groups -OCH3 is 1. The zero-order valence-corrected chi connectivity index (χ0v) is 21.2. The number of carbonyl (C=O) groups excluding carboxylic acids is 2. The molecule has 38 heavy (non-hydrogen) atoms. The van der Waals surface area contributed by atoms with Crippen molar-refractivity contribution in [2.24, 2.45) is 0 Å². The van der Waals surface area contributed by atoms with Gasteiger partial charge in [-0.2, -0.15) is 0 Å². The molecule has 1 N–H and O–H groups in total. The molecule has 1 amide bonds. The van der Waals surface area contributed by atoms with E-state index in [1.807, 2.05) is 72.8 Å². The van der Waals surface area contributed by atoms with Crippen LogP contribution < -0.4 is 10.1 Å². The van der Waals surface area contributed by atoms with Gasteiger partial charge in [0.1, 0.15) is 24.0 Å². The van der Waals surface area contributed by atoms with Crippen LogP contribution in [0.15, 0.2) is 100 Å². The first-order valence-corrected chi connectivity index (χ1v) is 12.3. The topological polar surface area (TPSA) is 90.9 Å². The number of halogens is 1. The van der Waals surface area contributed by atoms with Gasteiger partial charge in [-0.3, -0.25) is 4.79 Å². The first-order chi connectivity index (χ1) is 18.5. The van der Waals surface area contributed by atoms with Crippen LogP contribution in [0, 0.1) is 0 Å². The number of hydrogen-bond acceptors (Lipinski definition) is 6. The number of ether oxygens (including phenoxy) is 2. The summed E-state index contributed by atoms with van der Waals surface area (Å²) in [4.78, 5) is 25.5. The summed E-state index contributed by atoms with van der Waals surface area (Å²) in [6.45, 7) is 0.384. The Balaban J connectivity index is 1.27. The molecule has 0 aliphatic heterocycles. The van der Waals surface area contributed by atoms with E-state index in [0.717, 1.165) is 27.6 Å². The fourth-order valence-corrected chi connectivity index (χ4v) is 4.15. The first-order valence-electron chi connectivity index (χ1n) is 11.9. The van der Waals surface area contributed by atoms with Crippen molar-refractivity contribution < 1.29 is 27.9 Å². The molecule has 192 valence electrons. The molecule has 5 aromatic rings. The van der Waals surface area contributed by atoms with E-state index in [4.69, 9.17) is 29.9 Å². The van der Waals surface area contributed by atoms with Crippen molar-refractivity contribution in [1.29, 1.82) is 0 Å². The molecule has 0 spiro atoms. The van der Waals surface area contributed by atoms with E-state index in [-0.39, 0.29) is 12.2 Å². The average Bonchev–Trinajstić information content (AvgIpc) is 3.62. The average molecular weight is 530 g/mol. The number of rotatable bonds is 9. The Morgan fingerprint density at radius 2 is 1.68 bits per heavy atom. The van der Waals surface area contributed by atoms with E-state index < -0.39 is 17.9 Å². The molecule has 0 saturated carbocycles. The monoisotopic (exact) mass is 529 g/mol. The van der Waals surface area contributed by atoms with Gasteiger partial charge < -0.3 is 23.6 Å². The summed E-state index contributed by atoms with van der Waals surface area (Å²) in [6, 6.07) is 23.0. The molecule has 0 saturated heterocycles. The Labute approximate surface area is 223 Å². The molecule has 0 radical (unpaired) electrons. The van der Waals surface area contributed by atoms with Crippen LogP contribution in [0.2, 0.25) is 5.02 Å². The summed E-state index contributed by atoms with van der Waals surface area (Å²) in [6.07, 6.45) is 3.45. The zero-order chi connectivity index (χ0) is 26.5. The Kier molecular flexibility index (Phi) is 7.47. The van der Waals surface area contributed by atoms with E-state index in [9.17, 15) is 9.59 Å². The van der Waals surface area contributed by atoms with E-state index in [1.54, 1.807) is 18.6 Å². The molecule has 0 bridgehead atoms. The molecule has 3 aromatic carbocycles. The second-order valence-corrected chi connectivity index (χ2v) is 9.12. The number of nitrogens with one attached hydrogen (secondary N) is 1. The molecule has 7 nitrogen and oxygen atoms in total. The minimum atomic E-state index is -0.900. The third-order valence-corrected chi connectivity index (χ3v) is 6.31. The Morgan fingerprint density at radius 1 is 0.921 bits per heavy atom. The molecule has 0 fully saturated rings. The molecule has 2 heterocycles. The van der Waals surface area contributed by atoms with Crippen LogP contribution in [-0.4, -0.2) is 25.0 Å². The van der Waals surface area contributed by atoms with Gasteiger partial charge in [-0.15, -0.1) is 0 Å². The summed E-state index contributed by atoms with van der Waals surface area (Å²) >= 11 is 5.99. The van der Waals surface area contributed by atoms with Crippen molar-refractivity contribution in [3.63, 3.8) is 0 Å². The highest BCUT2D eigenvalue weighted by atomic mass is 35.5. The quantitative estimate of drug-likeness (QED) is 0.221. The molecule has 2 aromatic heterocycles. The maximum atomic E-state index is 13.0. The van der Waals surface area contributed by atoms with E-state index >= 15 is 0 Å². The number of hydrogen-bond donors (Lipinski definition) is 1. The smallest absolute Gasteiger partial charge is 0.328 e. The van der Waals surface area contributed by atoms with Gasteiger partial charge in [0, 0.05) is 22.4 Å². The van der Waals surface area contributed by atoms with Gasteiger partial charge in [-0.05, 0) is 59.2 Å². The van der Waals surface area contributed by atoms with E-state index in [0.29, 0.717) is 23.0 Å². The molecule has 0 aliphatic carbocycles. The summed E-state index contributed by atoms with van der Waals surface area (Å²) < 4.78 is 21.5. The van der Waals surface area contributed by atoms with Gasteiger partial charge >= 0.3 is 5.97 Å². The van der Waals surface area contributed by atoms with Gasteiger partial charge in [-0.1, -0.05) is 48.0 Å². The van der Waals surface area contributed by atoms with E-state index in [1.165, 1.54) is 7.11 Å². The van der Waals surface area contributed by atoms with Gasteiger partial charge in [0.25, 0.3) is 5.91 Å². The number of carbonyl (C=O) groups is 2. The number of benzene rings is 3. The Morgan fingerprint density at radius 3 is 2.39 bits per heavy atom. The lowest BCUT2D eigenvalue weighted by atomic mass is 10.0. The van der Waals surface area contributed by atoms with Crippen LogP contribution in [-0.2, 0) is 22.6 Å². The lowest BCUT2D eigenvalue weighted by molar-refractivity contribution is -0.142. The normalized spacial score (nSPS) is 11.7.